The number of nitrogens with one attached hydrogen (secondary N) is 2. The van der Waals surface area contributed by atoms with Crippen LogP contribution in [-0.2, 0) is 14.3 Å². The Morgan fingerprint density at radius 3 is 2.84 bits per heavy atom. The third-order valence-electron chi connectivity index (χ3n) is 6.94. The van der Waals surface area contributed by atoms with Crippen molar-refractivity contribution in [2.75, 3.05) is 44.6 Å². The number of hydrogen-bond donors (Lipinski definition) is 2. The molecule has 2 aliphatic rings. The standard InChI is InChI=1S/C26H30ClF2N5O3/c1-25(2)14-34(12-17(35)11-33-7-3-5-26(28,29)15-33)22(13-37-25)24(36)32-20-9-16(27)8-19-18-4-6-30-10-21(18)31-23(19)20/h4,6,8-10,22,31H,3,5,7,11-15H2,1-2H3,(H,32,36). The highest BCUT2D eigenvalue weighted by atomic mass is 35.5. The number of amides is 1. The average Bonchev–Trinajstić information content (AvgIpc) is 3.16. The van der Waals surface area contributed by atoms with Gasteiger partial charge in [0, 0.05) is 35.0 Å². The molecular formula is C26H30ClF2N5O3. The minimum absolute atomic E-state index is 0.0318. The molecule has 0 bridgehead atoms. The summed E-state index contributed by atoms with van der Waals surface area (Å²) in [5.41, 5.74) is 1.47. The molecule has 2 N–H and O–H groups in total. The van der Waals surface area contributed by atoms with Crippen LogP contribution in [0.1, 0.15) is 26.7 Å². The van der Waals surface area contributed by atoms with E-state index in [1.807, 2.05) is 26.0 Å². The lowest BCUT2D eigenvalue weighted by atomic mass is 10.0. The molecule has 1 unspecified atom stereocenters. The highest BCUT2D eigenvalue weighted by molar-refractivity contribution is 6.33. The number of anilines is 1. The summed E-state index contributed by atoms with van der Waals surface area (Å²) in [4.78, 5) is 37.1. The van der Waals surface area contributed by atoms with Gasteiger partial charge in [0.05, 0.1) is 54.8 Å². The van der Waals surface area contributed by atoms with Crippen LogP contribution < -0.4 is 5.32 Å². The van der Waals surface area contributed by atoms with Gasteiger partial charge in [-0.25, -0.2) is 8.78 Å². The largest absolute Gasteiger partial charge is 0.372 e. The van der Waals surface area contributed by atoms with Crippen LogP contribution in [0.5, 0.6) is 0 Å². The maximum absolute atomic E-state index is 13.8. The molecule has 2 aromatic heterocycles. The number of aromatic amines is 1. The van der Waals surface area contributed by atoms with E-state index in [2.05, 4.69) is 15.3 Å². The average molecular weight is 534 g/mol. The van der Waals surface area contributed by atoms with Crippen LogP contribution in [0.3, 0.4) is 0 Å². The Labute approximate surface area is 218 Å². The van der Waals surface area contributed by atoms with Crippen LogP contribution in [0.15, 0.2) is 30.6 Å². The number of benzene rings is 1. The van der Waals surface area contributed by atoms with Crippen LogP contribution in [-0.4, -0.2) is 88.4 Å². The van der Waals surface area contributed by atoms with Crippen molar-refractivity contribution in [1.82, 2.24) is 19.8 Å². The number of H-pyrrole nitrogens is 1. The normalized spacial score (nSPS) is 22.4. The number of nitrogens with zero attached hydrogens (tertiary/aromatic N) is 3. The first-order valence-corrected chi connectivity index (χ1v) is 12.7. The number of piperidine rings is 1. The number of carbonyl (C=O) groups excluding carboxylic acids is 2. The van der Waals surface area contributed by atoms with Crippen molar-refractivity contribution in [3.63, 3.8) is 0 Å². The van der Waals surface area contributed by atoms with Crippen LogP contribution in [0.25, 0.3) is 21.8 Å². The Hall–Kier alpha value is -2.66. The molecule has 4 heterocycles. The molecule has 1 aromatic carbocycles. The van der Waals surface area contributed by atoms with E-state index in [1.165, 1.54) is 4.90 Å². The van der Waals surface area contributed by atoms with Crippen molar-refractivity contribution in [3.8, 4) is 0 Å². The van der Waals surface area contributed by atoms with E-state index in [0.717, 1.165) is 16.3 Å². The predicted molar refractivity (Wildman–Crippen MR) is 138 cm³/mol. The molecule has 198 valence electrons. The number of carbonyl (C=O) groups is 2. The summed E-state index contributed by atoms with van der Waals surface area (Å²) in [5.74, 6) is -3.32. The summed E-state index contributed by atoms with van der Waals surface area (Å²) in [6, 6.07) is 4.63. The Morgan fingerprint density at radius 1 is 1.24 bits per heavy atom. The van der Waals surface area contributed by atoms with Gasteiger partial charge in [0.2, 0.25) is 5.91 Å². The van der Waals surface area contributed by atoms with E-state index in [1.54, 1.807) is 23.4 Å². The quantitative estimate of drug-likeness (QED) is 0.496. The number of likely N-dealkylation sites (tertiary alicyclic amines) is 1. The maximum atomic E-state index is 13.8. The lowest BCUT2D eigenvalue weighted by Crippen LogP contribution is -2.59. The topological polar surface area (TPSA) is 90.6 Å². The number of morpholine rings is 1. The molecule has 1 atom stereocenters. The second-order valence-electron chi connectivity index (χ2n) is 10.6. The number of pyridine rings is 1. The minimum atomic E-state index is -2.77. The Morgan fingerprint density at radius 2 is 2.05 bits per heavy atom. The number of ketones is 1. The Bertz CT molecular complexity index is 1340. The number of rotatable bonds is 6. The summed E-state index contributed by atoms with van der Waals surface area (Å²) in [5, 5.41) is 5.21. The third kappa shape index (κ3) is 5.77. The zero-order valence-corrected chi connectivity index (χ0v) is 21.6. The van der Waals surface area contributed by atoms with E-state index >= 15 is 0 Å². The van der Waals surface area contributed by atoms with E-state index < -0.39 is 24.1 Å². The molecule has 2 aliphatic heterocycles. The Balaban J connectivity index is 1.34. The van der Waals surface area contributed by atoms with Gasteiger partial charge < -0.3 is 15.0 Å². The van der Waals surface area contributed by atoms with Crippen LogP contribution in [0, 0.1) is 0 Å². The number of aromatic nitrogens is 2. The highest BCUT2D eigenvalue weighted by Crippen LogP contribution is 2.34. The van der Waals surface area contributed by atoms with Gasteiger partial charge in [0.25, 0.3) is 5.92 Å². The van der Waals surface area contributed by atoms with Gasteiger partial charge in [-0.3, -0.25) is 24.4 Å². The molecule has 1 amide bonds. The van der Waals surface area contributed by atoms with Crippen LogP contribution >= 0.6 is 11.6 Å². The smallest absolute Gasteiger partial charge is 0.260 e. The minimum Gasteiger partial charge on any atom is -0.372 e. The molecule has 0 spiro atoms. The SMILES string of the molecule is CC1(C)CN(CC(=O)CN2CCCC(F)(F)C2)C(C(=O)Nc2cc(Cl)cc3c2[nH]c2cnccc23)CO1. The molecule has 37 heavy (non-hydrogen) atoms. The second-order valence-corrected chi connectivity index (χ2v) is 11.0. The fourth-order valence-corrected chi connectivity index (χ4v) is 5.52. The van der Waals surface area contributed by atoms with Crippen molar-refractivity contribution in [1.29, 1.82) is 0 Å². The van der Waals surface area contributed by atoms with Crippen LogP contribution in [0.2, 0.25) is 5.02 Å². The van der Waals surface area contributed by atoms with Crippen molar-refractivity contribution in [3.05, 3.63) is 35.6 Å². The molecule has 0 saturated carbocycles. The van der Waals surface area contributed by atoms with E-state index in [0.29, 0.717) is 35.7 Å². The van der Waals surface area contributed by atoms with Gasteiger partial charge in [-0.15, -0.1) is 0 Å². The van der Waals surface area contributed by atoms with Gasteiger partial charge >= 0.3 is 0 Å². The van der Waals surface area contributed by atoms with Gasteiger partial charge in [0.1, 0.15) is 6.04 Å². The first-order valence-electron chi connectivity index (χ1n) is 12.4. The fourth-order valence-electron chi connectivity index (χ4n) is 5.30. The number of halogens is 3. The Kier molecular flexibility index (Phi) is 6.95. The number of fused-ring (bicyclic) bond motifs is 3. The number of hydrogen-bond acceptors (Lipinski definition) is 6. The molecule has 0 radical (unpaired) electrons. The summed E-state index contributed by atoms with van der Waals surface area (Å²) in [6.45, 7) is 4.16. The summed E-state index contributed by atoms with van der Waals surface area (Å²) in [6.07, 6.45) is 3.60. The predicted octanol–water partition coefficient (Wildman–Crippen LogP) is 4.09. The fraction of sp³-hybridized carbons (Fsp3) is 0.500. The van der Waals surface area contributed by atoms with Gasteiger partial charge in [-0.05, 0) is 45.0 Å². The monoisotopic (exact) mass is 533 g/mol. The van der Waals surface area contributed by atoms with Gasteiger partial charge in [-0.1, -0.05) is 11.6 Å². The molecule has 0 aliphatic carbocycles. The van der Waals surface area contributed by atoms with Gasteiger partial charge in [-0.2, -0.15) is 0 Å². The van der Waals surface area contributed by atoms with Crippen LogP contribution in [0.4, 0.5) is 14.5 Å². The van der Waals surface area contributed by atoms with E-state index in [-0.39, 0.29) is 37.8 Å². The van der Waals surface area contributed by atoms with Crippen molar-refractivity contribution >= 4 is 50.8 Å². The first-order chi connectivity index (χ1) is 17.5. The maximum Gasteiger partial charge on any atom is 0.260 e. The molecule has 8 nitrogen and oxygen atoms in total. The van der Waals surface area contributed by atoms with E-state index in [9.17, 15) is 18.4 Å². The van der Waals surface area contributed by atoms with Gasteiger partial charge in [0.15, 0.2) is 5.78 Å². The third-order valence-corrected chi connectivity index (χ3v) is 7.16. The lowest BCUT2D eigenvalue weighted by molar-refractivity contribution is -0.147. The molecule has 2 fully saturated rings. The van der Waals surface area contributed by atoms with Crippen molar-refractivity contribution in [2.24, 2.45) is 0 Å². The molecule has 2 saturated heterocycles. The number of Topliss-reactive ketones (excluding diaryl/α,β-unsaturated/α-hetero) is 1. The summed E-state index contributed by atoms with van der Waals surface area (Å²) in [7, 11) is 0. The summed E-state index contributed by atoms with van der Waals surface area (Å²) < 4.78 is 33.5. The van der Waals surface area contributed by atoms with E-state index in [4.69, 9.17) is 16.3 Å². The lowest BCUT2D eigenvalue weighted by Gasteiger charge is -2.42. The molecule has 5 rings (SSSR count). The molecular weight excluding hydrogens is 504 g/mol. The summed E-state index contributed by atoms with van der Waals surface area (Å²) >= 11 is 6.38. The highest BCUT2D eigenvalue weighted by Gasteiger charge is 2.40. The zero-order chi connectivity index (χ0) is 26.4. The number of ether oxygens (including phenoxy) is 1. The van der Waals surface area contributed by atoms with Crippen molar-refractivity contribution < 1.29 is 23.1 Å². The first kappa shape index (κ1) is 26.0. The molecule has 11 heteroatoms. The molecule has 3 aromatic rings. The second kappa shape index (κ2) is 9.90. The zero-order valence-electron chi connectivity index (χ0n) is 20.8. The number of alkyl halides is 2. The van der Waals surface area contributed by atoms with Crippen molar-refractivity contribution in [2.45, 2.75) is 44.3 Å².